The van der Waals surface area contributed by atoms with Gasteiger partial charge >= 0.3 is 0 Å². The van der Waals surface area contributed by atoms with Crippen LogP contribution in [0.4, 0.5) is 0 Å². The first-order valence-corrected chi connectivity index (χ1v) is 8.02. The third-order valence-electron chi connectivity index (χ3n) is 5.19. The Kier molecular flexibility index (Phi) is 5.22. The van der Waals surface area contributed by atoms with E-state index in [9.17, 15) is 0 Å². The first kappa shape index (κ1) is 15.5. The number of ether oxygens (including phenoxy) is 1. The average Bonchev–Trinajstić information content (AvgIpc) is 2.95. The average molecular weight is 275 g/mol. The Hall–Kier alpha value is -0.860. The summed E-state index contributed by atoms with van der Waals surface area (Å²) < 4.78 is 5.89. The van der Waals surface area contributed by atoms with Crippen LogP contribution in [0.15, 0.2) is 18.2 Å². The second-order valence-electron chi connectivity index (χ2n) is 5.98. The van der Waals surface area contributed by atoms with E-state index in [2.05, 4.69) is 44.4 Å². The number of rotatable bonds is 7. The van der Waals surface area contributed by atoms with Crippen LogP contribution < -0.4 is 5.32 Å². The molecule has 0 aliphatic heterocycles. The summed E-state index contributed by atoms with van der Waals surface area (Å²) in [6.45, 7) is 4.44. The highest BCUT2D eigenvalue weighted by atomic mass is 16.5. The summed E-state index contributed by atoms with van der Waals surface area (Å²) in [7, 11) is 3.90. The standard InChI is InChI=1S/C18H29NO/c1-5-18(6-2,20-4)17(19-3)13-14-10-11-15-8-7-9-16(15)12-14/h10-12,17,19H,5-9,13H2,1-4H3. The SMILES string of the molecule is CCC(CC)(OC)C(Cc1ccc2c(c1)CCC2)NC. The van der Waals surface area contributed by atoms with Gasteiger partial charge in [0, 0.05) is 13.2 Å². The van der Waals surface area contributed by atoms with Gasteiger partial charge in [-0.25, -0.2) is 0 Å². The molecule has 1 aliphatic carbocycles. The molecule has 0 saturated carbocycles. The summed E-state index contributed by atoms with van der Waals surface area (Å²) in [5.74, 6) is 0. The number of hydrogen-bond donors (Lipinski definition) is 1. The normalized spacial score (nSPS) is 16.2. The molecule has 1 aromatic rings. The van der Waals surface area contributed by atoms with Crippen molar-refractivity contribution in [3.05, 3.63) is 34.9 Å². The lowest BCUT2D eigenvalue weighted by Crippen LogP contribution is -2.51. The minimum absolute atomic E-state index is 0.0617. The number of aryl methyl sites for hydroxylation is 2. The minimum atomic E-state index is -0.0617. The van der Waals surface area contributed by atoms with Crippen LogP contribution in [-0.4, -0.2) is 25.8 Å². The van der Waals surface area contributed by atoms with Crippen molar-refractivity contribution in [2.24, 2.45) is 0 Å². The number of hydrogen-bond acceptors (Lipinski definition) is 2. The quantitative estimate of drug-likeness (QED) is 0.822. The lowest BCUT2D eigenvalue weighted by atomic mass is 9.84. The first-order chi connectivity index (χ1) is 9.69. The van der Waals surface area contributed by atoms with E-state index in [4.69, 9.17) is 4.74 Å². The molecule has 1 aromatic carbocycles. The van der Waals surface area contributed by atoms with Gasteiger partial charge in [0.25, 0.3) is 0 Å². The van der Waals surface area contributed by atoms with E-state index in [0.29, 0.717) is 6.04 Å². The van der Waals surface area contributed by atoms with Crippen LogP contribution >= 0.6 is 0 Å². The molecule has 112 valence electrons. The Labute approximate surface area is 123 Å². The zero-order chi connectivity index (χ0) is 14.6. The van der Waals surface area contributed by atoms with E-state index in [1.807, 2.05) is 7.11 Å². The van der Waals surface area contributed by atoms with E-state index < -0.39 is 0 Å². The molecule has 1 aliphatic rings. The van der Waals surface area contributed by atoms with Gasteiger partial charge in [0.1, 0.15) is 0 Å². The zero-order valence-electron chi connectivity index (χ0n) is 13.5. The van der Waals surface area contributed by atoms with Crippen molar-refractivity contribution in [2.75, 3.05) is 14.2 Å². The number of fused-ring (bicyclic) bond motifs is 1. The maximum absolute atomic E-state index is 5.89. The molecule has 0 saturated heterocycles. The summed E-state index contributed by atoms with van der Waals surface area (Å²) in [4.78, 5) is 0. The van der Waals surface area contributed by atoms with Gasteiger partial charge in [-0.1, -0.05) is 32.0 Å². The van der Waals surface area contributed by atoms with Crippen molar-refractivity contribution in [1.29, 1.82) is 0 Å². The van der Waals surface area contributed by atoms with E-state index in [-0.39, 0.29) is 5.60 Å². The lowest BCUT2D eigenvalue weighted by Gasteiger charge is -2.38. The van der Waals surface area contributed by atoms with E-state index in [0.717, 1.165) is 19.3 Å². The highest BCUT2D eigenvalue weighted by Crippen LogP contribution is 2.28. The molecule has 20 heavy (non-hydrogen) atoms. The first-order valence-electron chi connectivity index (χ1n) is 8.02. The molecule has 1 atom stereocenters. The lowest BCUT2D eigenvalue weighted by molar-refractivity contribution is -0.0454. The highest BCUT2D eigenvalue weighted by molar-refractivity contribution is 5.35. The zero-order valence-corrected chi connectivity index (χ0v) is 13.5. The van der Waals surface area contributed by atoms with Gasteiger partial charge in [-0.05, 0) is 62.3 Å². The second-order valence-corrected chi connectivity index (χ2v) is 5.98. The molecule has 0 amide bonds. The van der Waals surface area contributed by atoms with Crippen molar-refractivity contribution >= 4 is 0 Å². The van der Waals surface area contributed by atoms with E-state index >= 15 is 0 Å². The fraction of sp³-hybridized carbons (Fsp3) is 0.667. The van der Waals surface area contributed by atoms with Gasteiger partial charge in [-0.3, -0.25) is 0 Å². The van der Waals surface area contributed by atoms with Gasteiger partial charge < -0.3 is 10.1 Å². The molecule has 0 fully saturated rings. The Morgan fingerprint density at radius 1 is 1.20 bits per heavy atom. The summed E-state index contributed by atoms with van der Waals surface area (Å²) in [5.41, 5.74) is 4.49. The van der Waals surface area contributed by atoms with Crippen molar-refractivity contribution < 1.29 is 4.74 Å². The molecule has 2 rings (SSSR count). The largest absolute Gasteiger partial charge is 0.377 e. The van der Waals surface area contributed by atoms with Gasteiger partial charge in [-0.15, -0.1) is 0 Å². The molecular weight excluding hydrogens is 246 g/mol. The summed E-state index contributed by atoms with van der Waals surface area (Å²) in [6.07, 6.45) is 6.95. The van der Waals surface area contributed by atoms with Gasteiger partial charge in [-0.2, -0.15) is 0 Å². The Balaban J connectivity index is 2.17. The monoisotopic (exact) mass is 275 g/mol. The summed E-state index contributed by atoms with van der Waals surface area (Å²) in [5, 5.41) is 3.49. The van der Waals surface area contributed by atoms with Gasteiger partial charge in [0.2, 0.25) is 0 Å². The second kappa shape index (κ2) is 6.73. The molecule has 1 N–H and O–H groups in total. The Morgan fingerprint density at radius 2 is 1.90 bits per heavy atom. The maximum Gasteiger partial charge on any atom is 0.0828 e. The predicted molar refractivity (Wildman–Crippen MR) is 85.3 cm³/mol. The molecule has 2 heteroatoms. The molecule has 0 spiro atoms. The molecule has 1 unspecified atom stereocenters. The van der Waals surface area contributed by atoms with Crippen molar-refractivity contribution in [3.63, 3.8) is 0 Å². The highest BCUT2D eigenvalue weighted by Gasteiger charge is 2.34. The van der Waals surface area contributed by atoms with Crippen LogP contribution in [0, 0.1) is 0 Å². The molecule has 0 heterocycles. The van der Waals surface area contributed by atoms with Crippen molar-refractivity contribution in [3.8, 4) is 0 Å². The van der Waals surface area contributed by atoms with Crippen LogP contribution in [0.3, 0.4) is 0 Å². The van der Waals surface area contributed by atoms with Crippen LogP contribution in [0.1, 0.15) is 49.8 Å². The minimum Gasteiger partial charge on any atom is -0.377 e. The molecule has 0 aromatic heterocycles. The number of methoxy groups -OCH3 is 1. The van der Waals surface area contributed by atoms with Crippen LogP contribution in [0.2, 0.25) is 0 Å². The Bertz CT molecular complexity index is 429. The van der Waals surface area contributed by atoms with Crippen molar-refractivity contribution in [1.82, 2.24) is 5.32 Å². The maximum atomic E-state index is 5.89. The van der Waals surface area contributed by atoms with E-state index in [1.165, 1.54) is 24.8 Å². The summed E-state index contributed by atoms with van der Waals surface area (Å²) in [6, 6.07) is 7.41. The molecule has 0 radical (unpaired) electrons. The van der Waals surface area contributed by atoms with Gasteiger partial charge in [0.05, 0.1) is 5.60 Å². The molecular formula is C18H29NO. The third kappa shape index (κ3) is 2.91. The fourth-order valence-corrected chi connectivity index (χ4v) is 3.71. The topological polar surface area (TPSA) is 21.3 Å². The van der Waals surface area contributed by atoms with Crippen LogP contribution in [0.25, 0.3) is 0 Å². The van der Waals surface area contributed by atoms with Crippen LogP contribution in [0.5, 0.6) is 0 Å². The predicted octanol–water partition coefficient (Wildman–Crippen LogP) is 3.51. The van der Waals surface area contributed by atoms with Crippen molar-refractivity contribution in [2.45, 2.75) is 64.0 Å². The smallest absolute Gasteiger partial charge is 0.0828 e. The number of benzene rings is 1. The van der Waals surface area contributed by atoms with E-state index in [1.54, 1.807) is 11.1 Å². The number of nitrogens with one attached hydrogen (secondary N) is 1. The van der Waals surface area contributed by atoms with Crippen LogP contribution in [-0.2, 0) is 24.0 Å². The Morgan fingerprint density at radius 3 is 2.50 bits per heavy atom. The molecule has 0 bridgehead atoms. The van der Waals surface area contributed by atoms with Gasteiger partial charge in [0.15, 0.2) is 0 Å². The molecule has 2 nitrogen and oxygen atoms in total. The fourth-order valence-electron chi connectivity index (χ4n) is 3.71. The third-order valence-corrected chi connectivity index (χ3v) is 5.19. The number of likely N-dealkylation sites (N-methyl/N-ethyl adjacent to an activating group) is 1. The summed E-state index contributed by atoms with van der Waals surface area (Å²) >= 11 is 0.